The van der Waals surface area contributed by atoms with Gasteiger partial charge in [-0.05, 0) is 42.0 Å². The molecule has 0 radical (unpaired) electrons. The molecule has 2 aromatic carbocycles. The van der Waals surface area contributed by atoms with Crippen molar-refractivity contribution in [3.05, 3.63) is 81.8 Å². The van der Waals surface area contributed by atoms with Crippen molar-refractivity contribution in [2.45, 2.75) is 13.2 Å². The Labute approximate surface area is 149 Å². The molecule has 0 atom stereocenters. The van der Waals surface area contributed by atoms with E-state index in [4.69, 9.17) is 14.7 Å². The first kappa shape index (κ1) is 16.7. The van der Waals surface area contributed by atoms with Gasteiger partial charge in [0.1, 0.15) is 19.0 Å². The SMILES string of the molecule is N#Cc1ccc(COC(=O)c2ccc(OCc3cscn3)cc2)cc1. The van der Waals surface area contributed by atoms with Crippen molar-refractivity contribution in [3.8, 4) is 11.8 Å². The summed E-state index contributed by atoms with van der Waals surface area (Å²) >= 11 is 1.52. The zero-order chi connectivity index (χ0) is 17.5. The van der Waals surface area contributed by atoms with Gasteiger partial charge in [0.2, 0.25) is 0 Å². The second-order valence-corrected chi connectivity index (χ2v) is 5.90. The van der Waals surface area contributed by atoms with Crippen LogP contribution in [0.25, 0.3) is 0 Å². The van der Waals surface area contributed by atoms with E-state index in [1.165, 1.54) is 11.3 Å². The first-order chi connectivity index (χ1) is 12.2. The predicted molar refractivity (Wildman–Crippen MR) is 93.2 cm³/mol. The fourth-order valence-corrected chi connectivity index (χ4v) is 2.60. The van der Waals surface area contributed by atoms with Crippen LogP contribution in [0.4, 0.5) is 0 Å². The summed E-state index contributed by atoms with van der Waals surface area (Å²) in [7, 11) is 0. The third kappa shape index (κ3) is 4.66. The number of ether oxygens (including phenoxy) is 2. The zero-order valence-corrected chi connectivity index (χ0v) is 14.0. The van der Waals surface area contributed by atoms with E-state index >= 15 is 0 Å². The highest BCUT2D eigenvalue weighted by molar-refractivity contribution is 7.07. The molecule has 3 aromatic rings. The van der Waals surface area contributed by atoms with Gasteiger partial charge in [0, 0.05) is 5.38 Å². The van der Waals surface area contributed by atoms with Crippen LogP contribution in [-0.2, 0) is 18.0 Å². The lowest BCUT2D eigenvalue weighted by Crippen LogP contribution is -2.05. The lowest BCUT2D eigenvalue weighted by Gasteiger charge is -2.07. The number of aromatic nitrogens is 1. The predicted octanol–water partition coefficient (Wildman–Crippen LogP) is 3.95. The van der Waals surface area contributed by atoms with Crippen LogP contribution >= 0.6 is 11.3 Å². The van der Waals surface area contributed by atoms with Gasteiger partial charge >= 0.3 is 5.97 Å². The van der Waals surface area contributed by atoms with Gasteiger partial charge < -0.3 is 9.47 Å². The number of thiazole rings is 1. The summed E-state index contributed by atoms with van der Waals surface area (Å²) in [5.74, 6) is 0.257. The Morgan fingerprint density at radius 1 is 1.08 bits per heavy atom. The van der Waals surface area contributed by atoms with Crippen LogP contribution in [0.15, 0.2) is 59.4 Å². The molecule has 5 nitrogen and oxygen atoms in total. The van der Waals surface area contributed by atoms with Gasteiger partial charge in [-0.1, -0.05) is 12.1 Å². The van der Waals surface area contributed by atoms with Gasteiger partial charge in [-0.25, -0.2) is 9.78 Å². The summed E-state index contributed by atoms with van der Waals surface area (Å²) in [6.07, 6.45) is 0. The van der Waals surface area contributed by atoms with E-state index in [0.29, 0.717) is 23.5 Å². The Kier molecular flexibility index (Phi) is 5.39. The summed E-state index contributed by atoms with van der Waals surface area (Å²) in [6.45, 7) is 0.554. The molecule has 1 aromatic heterocycles. The van der Waals surface area contributed by atoms with Crippen molar-refractivity contribution < 1.29 is 14.3 Å². The Morgan fingerprint density at radius 3 is 2.48 bits per heavy atom. The number of rotatable bonds is 6. The van der Waals surface area contributed by atoms with Gasteiger partial charge in [0.15, 0.2) is 0 Å². The van der Waals surface area contributed by atoms with E-state index in [1.54, 1.807) is 54.0 Å². The first-order valence-electron chi connectivity index (χ1n) is 7.51. The van der Waals surface area contributed by atoms with Crippen molar-refractivity contribution >= 4 is 17.3 Å². The van der Waals surface area contributed by atoms with E-state index in [1.807, 2.05) is 11.4 Å². The van der Waals surface area contributed by atoms with E-state index in [2.05, 4.69) is 4.98 Å². The molecule has 0 saturated heterocycles. The van der Waals surface area contributed by atoms with E-state index in [-0.39, 0.29) is 6.61 Å². The minimum Gasteiger partial charge on any atom is -0.487 e. The summed E-state index contributed by atoms with van der Waals surface area (Å²) in [5.41, 5.74) is 4.48. The van der Waals surface area contributed by atoms with Crippen molar-refractivity contribution in [1.82, 2.24) is 4.98 Å². The largest absolute Gasteiger partial charge is 0.487 e. The van der Waals surface area contributed by atoms with Crippen LogP contribution in [0, 0.1) is 11.3 Å². The normalized spacial score (nSPS) is 10.0. The van der Waals surface area contributed by atoms with E-state index in [9.17, 15) is 4.79 Å². The van der Waals surface area contributed by atoms with E-state index < -0.39 is 5.97 Å². The molecule has 0 spiro atoms. The lowest BCUT2D eigenvalue weighted by molar-refractivity contribution is 0.0472. The number of carbonyl (C=O) groups excluding carboxylic acids is 1. The van der Waals surface area contributed by atoms with Crippen molar-refractivity contribution in [2.24, 2.45) is 0 Å². The minimum atomic E-state index is -0.407. The second kappa shape index (κ2) is 8.08. The molecular weight excluding hydrogens is 336 g/mol. The minimum absolute atomic E-state index is 0.159. The zero-order valence-electron chi connectivity index (χ0n) is 13.2. The summed E-state index contributed by atoms with van der Waals surface area (Å²) in [5, 5.41) is 10.7. The Morgan fingerprint density at radius 2 is 1.84 bits per heavy atom. The third-order valence-electron chi connectivity index (χ3n) is 3.41. The van der Waals surface area contributed by atoms with Crippen molar-refractivity contribution in [2.75, 3.05) is 0 Å². The molecule has 0 bridgehead atoms. The number of nitrogens with zero attached hydrogens (tertiary/aromatic N) is 2. The maximum Gasteiger partial charge on any atom is 0.338 e. The van der Waals surface area contributed by atoms with Gasteiger partial charge in [0.25, 0.3) is 0 Å². The number of hydrogen-bond acceptors (Lipinski definition) is 6. The molecule has 6 heteroatoms. The fourth-order valence-electron chi connectivity index (χ4n) is 2.06. The van der Waals surface area contributed by atoms with Crippen LogP contribution in [0.3, 0.4) is 0 Å². The Balaban J connectivity index is 1.52. The fraction of sp³-hybridized carbons (Fsp3) is 0.105. The summed E-state index contributed by atoms with van der Waals surface area (Å²) in [6, 6.07) is 15.7. The van der Waals surface area contributed by atoms with Crippen LogP contribution in [0.2, 0.25) is 0 Å². The highest BCUT2D eigenvalue weighted by Gasteiger charge is 2.08. The molecule has 0 fully saturated rings. The lowest BCUT2D eigenvalue weighted by atomic mass is 10.1. The number of hydrogen-bond donors (Lipinski definition) is 0. The molecule has 0 aliphatic carbocycles. The van der Waals surface area contributed by atoms with Crippen LogP contribution in [-0.4, -0.2) is 11.0 Å². The van der Waals surface area contributed by atoms with Crippen molar-refractivity contribution in [3.63, 3.8) is 0 Å². The van der Waals surface area contributed by atoms with Gasteiger partial charge in [-0.3, -0.25) is 0 Å². The average Bonchev–Trinajstić information content (AvgIpc) is 3.19. The van der Waals surface area contributed by atoms with Crippen molar-refractivity contribution in [1.29, 1.82) is 5.26 Å². The average molecular weight is 350 g/mol. The maximum atomic E-state index is 12.1. The molecule has 0 aliphatic rings. The van der Waals surface area contributed by atoms with Gasteiger partial charge in [-0.15, -0.1) is 11.3 Å². The highest BCUT2D eigenvalue weighted by atomic mass is 32.1. The molecule has 0 saturated carbocycles. The summed E-state index contributed by atoms with van der Waals surface area (Å²) in [4.78, 5) is 16.2. The third-order valence-corrected chi connectivity index (χ3v) is 4.05. The number of benzene rings is 2. The van der Waals surface area contributed by atoms with Gasteiger partial charge in [0.05, 0.1) is 28.4 Å². The highest BCUT2D eigenvalue weighted by Crippen LogP contribution is 2.15. The van der Waals surface area contributed by atoms with Crippen LogP contribution in [0.1, 0.15) is 27.2 Å². The smallest absolute Gasteiger partial charge is 0.338 e. The van der Waals surface area contributed by atoms with Crippen LogP contribution in [0.5, 0.6) is 5.75 Å². The second-order valence-electron chi connectivity index (χ2n) is 5.18. The monoisotopic (exact) mass is 350 g/mol. The topological polar surface area (TPSA) is 72.2 Å². The molecule has 3 rings (SSSR count). The molecule has 0 unspecified atom stereocenters. The Hall–Kier alpha value is -3.17. The molecule has 0 N–H and O–H groups in total. The maximum absolute atomic E-state index is 12.1. The number of nitriles is 1. The number of esters is 1. The standard InChI is InChI=1S/C19H14N2O3S/c20-9-14-1-3-15(4-2-14)10-24-19(22)16-5-7-18(8-6-16)23-11-17-12-25-13-21-17/h1-8,12-13H,10-11H2. The molecular formula is C19H14N2O3S. The van der Waals surface area contributed by atoms with Crippen LogP contribution < -0.4 is 4.74 Å². The first-order valence-corrected chi connectivity index (χ1v) is 8.45. The quantitative estimate of drug-likeness (QED) is 0.629. The number of carbonyl (C=O) groups is 1. The van der Waals surface area contributed by atoms with Gasteiger partial charge in [-0.2, -0.15) is 5.26 Å². The van der Waals surface area contributed by atoms with E-state index in [0.717, 1.165) is 11.3 Å². The molecule has 25 heavy (non-hydrogen) atoms. The molecule has 1 heterocycles. The molecule has 124 valence electrons. The summed E-state index contributed by atoms with van der Waals surface area (Å²) < 4.78 is 10.9. The Bertz CT molecular complexity index is 867. The molecule has 0 amide bonds. The molecule has 0 aliphatic heterocycles.